The Bertz CT molecular complexity index is 865. The molecular weight excluding hydrogens is 337 g/mol. The summed E-state index contributed by atoms with van der Waals surface area (Å²) in [6.45, 7) is 3.93. The summed E-state index contributed by atoms with van der Waals surface area (Å²) < 4.78 is 0.907. The summed E-state index contributed by atoms with van der Waals surface area (Å²) in [5.74, 6) is -0.209. The van der Waals surface area contributed by atoms with Gasteiger partial charge in [0, 0.05) is 15.8 Å². The van der Waals surface area contributed by atoms with Gasteiger partial charge in [0.1, 0.15) is 4.88 Å². The second kappa shape index (κ2) is 5.92. The second-order valence-electron chi connectivity index (χ2n) is 5.08. The van der Waals surface area contributed by atoms with Crippen molar-refractivity contribution in [1.82, 2.24) is 0 Å². The van der Waals surface area contributed by atoms with Gasteiger partial charge in [0.2, 0.25) is 0 Å². The first kappa shape index (κ1) is 15.3. The average Bonchev–Trinajstić information content (AvgIpc) is 2.81. The molecule has 0 unspecified atom stereocenters. The maximum atomic E-state index is 12.6. The number of benzene rings is 2. The van der Waals surface area contributed by atoms with Gasteiger partial charge in [-0.1, -0.05) is 47.5 Å². The number of para-hydroxylation sites is 1. The molecule has 0 saturated carbocycles. The van der Waals surface area contributed by atoms with Crippen LogP contribution in [0.5, 0.6) is 0 Å². The normalized spacial score (nSPS) is 10.9. The molecule has 0 bridgehead atoms. The van der Waals surface area contributed by atoms with Crippen LogP contribution in [0.25, 0.3) is 10.1 Å². The summed E-state index contributed by atoms with van der Waals surface area (Å²) in [6.07, 6.45) is 0. The first-order chi connectivity index (χ1) is 10.5. The van der Waals surface area contributed by atoms with Crippen LogP contribution in [0.2, 0.25) is 10.0 Å². The molecule has 0 radical (unpaired) electrons. The Morgan fingerprint density at radius 1 is 1.05 bits per heavy atom. The van der Waals surface area contributed by atoms with Crippen molar-refractivity contribution >= 4 is 56.2 Å². The number of carbonyl (C=O) groups excluding carboxylic acids is 1. The van der Waals surface area contributed by atoms with E-state index in [-0.39, 0.29) is 5.91 Å². The molecule has 2 nitrogen and oxygen atoms in total. The Balaban J connectivity index is 2.03. The number of amides is 1. The van der Waals surface area contributed by atoms with E-state index in [9.17, 15) is 4.79 Å². The number of hydrogen-bond acceptors (Lipinski definition) is 2. The molecule has 112 valence electrons. The van der Waals surface area contributed by atoms with Crippen molar-refractivity contribution < 1.29 is 4.79 Å². The van der Waals surface area contributed by atoms with Crippen molar-refractivity contribution in [2.24, 2.45) is 0 Å². The lowest BCUT2D eigenvalue weighted by molar-refractivity contribution is 0.103. The van der Waals surface area contributed by atoms with Gasteiger partial charge in [-0.15, -0.1) is 11.3 Å². The molecule has 0 aliphatic rings. The predicted molar refractivity (Wildman–Crippen MR) is 95.7 cm³/mol. The molecule has 0 aliphatic carbocycles. The number of halogens is 2. The van der Waals surface area contributed by atoms with Gasteiger partial charge in [-0.05, 0) is 37.1 Å². The minimum Gasteiger partial charge on any atom is -0.321 e. The zero-order chi connectivity index (χ0) is 15.9. The third-order valence-electron chi connectivity index (χ3n) is 3.53. The maximum Gasteiger partial charge on any atom is 0.267 e. The van der Waals surface area contributed by atoms with Crippen molar-refractivity contribution in [3.05, 3.63) is 62.4 Å². The van der Waals surface area contributed by atoms with Gasteiger partial charge in [0.05, 0.1) is 10.0 Å². The first-order valence-electron chi connectivity index (χ1n) is 6.73. The lowest BCUT2D eigenvalue weighted by Gasteiger charge is -2.10. The van der Waals surface area contributed by atoms with E-state index in [0.717, 1.165) is 26.9 Å². The highest BCUT2D eigenvalue weighted by Gasteiger charge is 2.19. The maximum absolute atomic E-state index is 12.6. The van der Waals surface area contributed by atoms with Crippen LogP contribution < -0.4 is 5.32 Å². The summed E-state index contributed by atoms with van der Waals surface area (Å²) in [5, 5.41) is 4.67. The van der Waals surface area contributed by atoms with E-state index < -0.39 is 0 Å². The molecule has 3 rings (SSSR count). The molecule has 0 spiro atoms. The highest BCUT2D eigenvalue weighted by molar-refractivity contribution is 7.21. The molecule has 2 aromatic carbocycles. The standard InChI is InChI=1S/C17H13Cl2NOS/c1-9-5-3-6-10(2)15(9)20-17(21)16-14(19)13-11(18)7-4-8-12(13)22-16/h3-8H,1-2H3,(H,20,21). The number of carbonyl (C=O) groups is 1. The van der Waals surface area contributed by atoms with E-state index in [0.29, 0.717) is 14.9 Å². The number of nitrogens with one attached hydrogen (secondary N) is 1. The summed E-state index contributed by atoms with van der Waals surface area (Å²) in [5.41, 5.74) is 2.86. The molecule has 0 saturated heterocycles. The van der Waals surface area contributed by atoms with Crippen molar-refractivity contribution in [3.63, 3.8) is 0 Å². The molecule has 5 heteroatoms. The fourth-order valence-electron chi connectivity index (χ4n) is 2.40. The minimum atomic E-state index is -0.209. The van der Waals surface area contributed by atoms with Gasteiger partial charge >= 0.3 is 0 Å². The SMILES string of the molecule is Cc1cccc(C)c1NC(=O)c1sc2cccc(Cl)c2c1Cl. The highest BCUT2D eigenvalue weighted by Crippen LogP contribution is 2.39. The van der Waals surface area contributed by atoms with Crippen LogP contribution in [0.15, 0.2) is 36.4 Å². The van der Waals surface area contributed by atoms with Crippen LogP contribution in [-0.2, 0) is 0 Å². The zero-order valence-corrected chi connectivity index (χ0v) is 14.4. The monoisotopic (exact) mass is 349 g/mol. The lowest BCUT2D eigenvalue weighted by atomic mass is 10.1. The fourth-order valence-corrected chi connectivity index (χ4v) is 4.25. The Hall–Kier alpha value is -1.55. The van der Waals surface area contributed by atoms with Gasteiger partial charge in [-0.2, -0.15) is 0 Å². The lowest BCUT2D eigenvalue weighted by Crippen LogP contribution is -2.12. The van der Waals surface area contributed by atoms with Crippen molar-refractivity contribution in [1.29, 1.82) is 0 Å². The Kier molecular flexibility index (Phi) is 4.13. The van der Waals surface area contributed by atoms with Crippen LogP contribution in [0.4, 0.5) is 5.69 Å². The molecule has 1 heterocycles. The van der Waals surface area contributed by atoms with Crippen LogP contribution >= 0.6 is 34.5 Å². The molecule has 1 N–H and O–H groups in total. The van der Waals surface area contributed by atoms with E-state index in [1.807, 2.05) is 44.2 Å². The molecule has 3 aromatic rings. The summed E-state index contributed by atoms with van der Waals surface area (Å²) in [4.78, 5) is 13.1. The number of hydrogen-bond donors (Lipinski definition) is 1. The molecule has 0 atom stereocenters. The van der Waals surface area contributed by atoms with E-state index >= 15 is 0 Å². The Morgan fingerprint density at radius 3 is 2.32 bits per heavy atom. The summed E-state index contributed by atoms with van der Waals surface area (Å²) in [7, 11) is 0. The van der Waals surface area contributed by atoms with E-state index in [2.05, 4.69) is 5.32 Å². The summed E-state index contributed by atoms with van der Waals surface area (Å²) in [6, 6.07) is 11.4. The minimum absolute atomic E-state index is 0.209. The van der Waals surface area contributed by atoms with Crippen LogP contribution in [0.3, 0.4) is 0 Å². The molecule has 1 aromatic heterocycles. The van der Waals surface area contributed by atoms with E-state index in [1.54, 1.807) is 6.07 Å². The highest BCUT2D eigenvalue weighted by atomic mass is 35.5. The Morgan fingerprint density at radius 2 is 1.68 bits per heavy atom. The van der Waals surface area contributed by atoms with Crippen LogP contribution in [0.1, 0.15) is 20.8 Å². The van der Waals surface area contributed by atoms with Gasteiger partial charge in [0.25, 0.3) is 5.91 Å². The topological polar surface area (TPSA) is 29.1 Å². The number of aryl methyl sites for hydroxylation is 2. The molecule has 0 aliphatic heterocycles. The third kappa shape index (κ3) is 2.60. The van der Waals surface area contributed by atoms with Crippen molar-refractivity contribution in [2.75, 3.05) is 5.32 Å². The van der Waals surface area contributed by atoms with Crippen molar-refractivity contribution in [2.45, 2.75) is 13.8 Å². The van der Waals surface area contributed by atoms with Gasteiger partial charge in [0.15, 0.2) is 0 Å². The molecule has 1 amide bonds. The van der Waals surface area contributed by atoms with E-state index in [1.165, 1.54) is 11.3 Å². The molecular formula is C17H13Cl2NOS. The van der Waals surface area contributed by atoms with Gasteiger partial charge < -0.3 is 5.32 Å². The number of thiophene rings is 1. The smallest absolute Gasteiger partial charge is 0.267 e. The number of rotatable bonds is 2. The quantitative estimate of drug-likeness (QED) is 0.596. The molecule has 22 heavy (non-hydrogen) atoms. The average molecular weight is 350 g/mol. The second-order valence-corrected chi connectivity index (χ2v) is 6.92. The summed E-state index contributed by atoms with van der Waals surface area (Å²) >= 11 is 13.9. The number of fused-ring (bicyclic) bond motifs is 1. The van der Waals surface area contributed by atoms with Gasteiger partial charge in [-0.3, -0.25) is 4.79 Å². The van der Waals surface area contributed by atoms with Crippen LogP contribution in [-0.4, -0.2) is 5.91 Å². The largest absolute Gasteiger partial charge is 0.321 e. The third-order valence-corrected chi connectivity index (χ3v) is 5.49. The molecule has 0 fully saturated rings. The van der Waals surface area contributed by atoms with Crippen LogP contribution in [0, 0.1) is 13.8 Å². The fraction of sp³-hybridized carbons (Fsp3) is 0.118. The van der Waals surface area contributed by atoms with Crippen molar-refractivity contribution in [3.8, 4) is 0 Å². The number of anilines is 1. The Labute approximate surface area is 142 Å². The predicted octanol–water partition coefficient (Wildman–Crippen LogP) is 6.08. The van der Waals surface area contributed by atoms with Gasteiger partial charge in [-0.25, -0.2) is 0 Å². The zero-order valence-electron chi connectivity index (χ0n) is 12.0. The first-order valence-corrected chi connectivity index (χ1v) is 8.30. The van der Waals surface area contributed by atoms with E-state index in [4.69, 9.17) is 23.2 Å².